The molecule has 2 heterocycles. The number of hydrazine groups is 2. The molecule has 0 unspecified atom stereocenters. The van der Waals surface area contributed by atoms with Crippen molar-refractivity contribution in [2.24, 2.45) is 0 Å². The van der Waals surface area contributed by atoms with E-state index in [0.717, 1.165) is 15.0 Å². The summed E-state index contributed by atoms with van der Waals surface area (Å²) < 4.78 is 5.10. The van der Waals surface area contributed by atoms with Crippen LogP contribution in [-0.4, -0.2) is 88.4 Å². The molecule has 0 aromatic heterocycles. The van der Waals surface area contributed by atoms with Crippen LogP contribution in [0.3, 0.4) is 0 Å². The van der Waals surface area contributed by atoms with Gasteiger partial charge < -0.3 is 20.0 Å². The number of fused-ring (bicyclic) bond motifs is 1. The van der Waals surface area contributed by atoms with Crippen molar-refractivity contribution >= 4 is 36.0 Å². The largest absolute Gasteiger partial charge is 0.497 e. The molecule has 1 aromatic carbocycles. The predicted molar refractivity (Wildman–Crippen MR) is 114 cm³/mol. The first kappa shape index (κ1) is 24.5. The molecule has 3 rings (SSSR count). The lowest BCUT2D eigenvalue weighted by molar-refractivity contribution is -0.155. The molecular weight excluding hydrogens is 450 g/mol. The van der Waals surface area contributed by atoms with E-state index in [9.17, 15) is 28.8 Å². The SMILES string of the molecule is COc1cccc(C(=O)NN2CCC(=O)N3CCC[C@@H](C(=O)N[C@H](C=O)CC(=O)O)N3C2=O)c1. The lowest BCUT2D eigenvalue weighted by Gasteiger charge is -2.42. The standard InChI is InChI=1S/C21H25N5O8/c1-34-15-5-2-4-13(10-15)19(31)23-24-9-7-17(28)25-8-3-6-16(26(25)21(24)33)20(32)22-14(12-27)11-18(29)30/h2,4-5,10,12,14,16H,3,6-9,11H2,1H3,(H,22,32)(H,23,31)(H,29,30)/t14-,16-/m0/s1. The zero-order chi connectivity index (χ0) is 24.8. The van der Waals surface area contributed by atoms with Gasteiger partial charge in [-0.25, -0.2) is 19.8 Å². The van der Waals surface area contributed by atoms with Gasteiger partial charge in [-0.1, -0.05) is 6.07 Å². The van der Waals surface area contributed by atoms with Crippen LogP contribution in [0.5, 0.6) is 5.75 Å². The summed E-state index contributed by atoms with van der Waals surface area (Å²) in [6.45, 7) is 0.0724. The monoisotopic (exact) mass is 475 g/mol. The van der Waals surface area contributed by atoms with E-state index >= 15 is 0 Å². The molecule has 0 radical (unpaired) electrons. The summed E-state index contributed by atoms with van der Waals surface area (Å²) in [5.41, 5.74) is 2.69. The number of hydrogen-bond donors (Lipinski definition) is 3. The lowest BCUT2D eigenvalue weighted by Crippen LogP contribution is -2.64. The molecule has 1 aromatic rings. The van der Waals surface area contributed by atoms with Crippen LogP contribution in [0.25, 0.3) is 0 Å². The number of urea groups is 1. The maximum atomic E-state index is 13.3. The number of carboxylic acid groups (broad SMARTS) is 1. The zero-order valence-electron chi connectivity index (χ0n) is 18.4. The summed E-state index contributed by atoms with van der Waals surface area (Å²) in [6, 6.07) is 3.00. The van der Waals surface area contributed by atoms with Gasteiger partial charge in [-0.2, -0.15) is 0 Å². The molecule has 0 spiro atoms. The van der Waals surface area contributed by atoms with Crippen molar-refractivity contribution in [3.63, 3.8) is 0 Å². The number of ether oxygens (including phenoxy) is 1. The highest BCUT2D eigenvalue weighted by atomic mass is 16.5. The maximum Gasteiger partial charge on any atom is 0.358 e. The third-order valence-electron chi connectivity index (χ3n) is 5.42. The zero-order valence-corrected chi connectivity index (χ0v) is 18.4. The third-order valence-corrected chi connectivity index (χ3v) is 5.42. The fourth-order valence-electron chi connectivity index (χ4n) is 3.77. The second-order valence-corrected chi connectivity index (χ2v) is 7.73. The molecule has 13 heteroatoms. The smallest absolute Gasteiger partial charge is 0.358 e. The van der Waals surface area contributed by atoms with Crippen LogP contribution in [-0.2, 0) is 19.2 Å². The van der Waals surface area contributed by atoms with Crippen molar-refractivity contribution in [1.29, 1.82) is 0 Å². The van der Waals surface area contributed by atoms with Crippen LogP contribution in [0.2, 0.25) is 0 Å². The van der Waals surface area contributed by atoms with Crippen molar-refractivity contribution in [3.05, 3.63) is 29.8 Å². The Morgan fingerprint density at radius 2 is 2.03 bits per heavy atom. The van der Waals surface area contributed by atoms with E-state index in [4.69, 9.17) is 9.84 Å². The number of benzene rings is 1. The third kappa shape index (κ3) is 5.42. The molecule has 2 aliphatic rings. The second-order valence-electron chi connectivity index (χ2n) is 7.73. The predicted octanol–water partition coefficient (Wildman–Crippen LogP) is -0.468. The maximum absolute atomic E-state index is 13.3. The molecule has 2 aliphatic heterocycles. The van der Waals surface area contributed by atoms with Crippen LogP contribution >= 0.6 is 0 Å². The van der Waals surface area contributed by atoms with Crippen molar-refractivity contribution in [3.8, 4) is 5.75 Å². The number of rotatable bonds is 8. The average Bonchev–Trinajstić information content (AvgIpc) is 2.95. The van der Waals surface area contributed by atoms with Crippen molar-refractivity contribution in [1.82, 2.24) is 25.8 Å². The topological polar surface area (TPSA) is 166 Å². The normalized spacial score (nSPS) is 19.0. The van der Waals surface area contributed by atoms with Crippen molar-refractivity contribution < 1.29 is 38.6 Å². The molecule has 0 saturated carbocycles. The quantitative estimate of drug-likeness (QED) is 0.425. The van der Waals surface area contributed by atoms with Crippen LogP contribution in [0.15, 0.2) is 24.3 Å². The van der Waals surface area contributed by atoms with Crippen LogP contribution in [0.4, 0.5) is 4.79 Å². The summed E-state index contributed by atoms with van der Waals surface area (Å²) in [4.78, 5) is 73.7. The van der Waals surface area contributed by atoms with Crippen molar-refractivity contribution in [2.45, 2.75) is 37.8 Å². The van der Waals surface area contributed by atoms with Crippen LogP contribution < -0.4 is 15.5 Å². The molecule has 2 saturated heterocycles. The Hall–Kier alpha value is -4.16. The fraction of sp³-hybridized carbons (Fsp3) is 0.429. The molecule has 2 atom stereocenters. The Bertz CT molecular complexity index is 999. The number of hydrogen-bond acceptors (Lipinski definition) is 7. The average molecular weight is 475 g/mol. The number of carboxylic acids is 1. The minimum Gasteiger partial charge on any atom is -0.497 e. The van der Waals surface area contributed by atoms with E-state index in [1.807, 2.05) is 0 Å². The van der Waals surface area contributed by atoms with Gasteiger partial charge in [-0.05, 0) is 31.0 Å². The molecule has 0 aliphatic carbocycles. The number of nitrogens with one attached hydrogen (secondary N) is 2. The minimum atomic E-state index is -1.29. The number of nitrogens with zero attached hydrogens (tertiary/aromatic N) is 3. The van der Waals surface area contributed by atoms with E-state index in [2.05, 4.69) is 10.7 Å². The van der Waals surface area contributed by atoms with E-state index in [1.165, 1.54) is 19.2 Å². The first-order valence-electron chi connectivity index (χ1n) is 10.6. The minimum absolute atomic E-state index is 0.0923. The molecule has 34 heavy (non-hydrogen) atoms. The van der Waals surface area contributed by atoms with E-state index < -0.39 is 48.2 Å². The van der Waals surface area contributed by atoms with Crippen LogP contribution in [0, 0.1) is 0 Å². The number of carbonyl (C=O) groups is 6. The molecular formula is C21H25N5O8. The molecule has 5 amide bonds. The second kappa shape index (κ2) is 10.6. The molecule has 0 bridgehead atoms. The van der Waals surface area contributed by atoms with Gasteiger partial charge in [0.25, 0.3) is 5.91 Å². The lowest BCUT2D eigenvalue weighted by atomic mass is 10.1. The Labute approximate surface area is 194 Å². The highest BCUT2D eigenvalue weighted by Crippen LogP contribution is 2.24. The number of aliphatic carboxylic acids is 1. The summed E-state index contributed by atoms with van der Waals surface area (Å²) in [6.07, 6.45) is 0.168. The number of carbonyl (C=O) groups excluding carboxylic acids is 5. The van der Waals surface area contributed by atoms with Gasteiger partial charge in [0.05, 0.1) is 26.1 Å². The number of amides is 5. The van der Waals surface area contributed by atoms with Gasteiger partial charge in [-0.3, -0.25) is 24.6 Å². The molecule has 3 N–H and O–H groups in total. The van der Waals surface area contributed by atoms with Gasteiger partial charge in [0.15, 0.2) is 0 Å². The molecule has 2 fully saturated rings. The van der Waals surface area contributed by atoms with Gasteiger partial charge in [0, 0.05) is 18.5 Å². The first-order chi connectivity index (χ1) is 16.2. The number of methoxy groups -OCH3 is 1. The van der Waals surface area contributed by atoms with Gasteiger partial charge in [0.1, 0.15) is 18.1 Å². The van der Waals surface area contributed by atoms with E-state index in [0.29, 0.717) is 18.5 Å². The number of aldehydes is 1. The van der Waals surface area contributed by atoms with E-state index in [-0.39, 0.29) is 31.5 Å². The Morgan fingerprint density at radius 3 is 2.71 bits per heavy atom. The first-order valence-corrected chi connectivity index (χ1v) is 10.6. The van der Waals surface area contributed by atoms with Gasteiger partial charge >= 0.3 is 12.0 Å². The Kier molecular flexibility index (Phi) is 7.66. The summed E-state index contributed by atoms with van der Waals surface area (Å²) in [5.74, 6) is -2.65. The highest BCUT2D eigenvalue weighted by Gasteiger charge is 2.44. The Morgan fingerprint density at radius 1 is 1.26 bits per heavy atom. The van der Waals surface area contributed by atoms with Crippen molar-refractivity contribution in [2.75, 3.05) is 20.2 Å². The highest BCUT2D eigenvalue weighted by molar-refractivity contribution is 5.97. The Balaban J connectivity index is 1.81. The molecule has 182 valence electrons. The summed E-state index contributed by atoms with van der Waals surface area (Å²) >= 11 is 0. The van der Waals surface area contributed by atoms with E-state index in [1.54, 1.807) is 12.1 Å². The summed E-state index contributed by atoms with van der Waals surface area (Å²) in [7, 11) is 1.45. The van der Waals surface area contributed by atoms with Crippen LogP contribution in [0.1, 0.15) is 36.0 Å². The van der Waals surface area contributed by atoms with Gasteiger partial charge in [-0.15, -0.1) is 0 Å². The molecule has 13 nitrogen and oxygen atoms in total. The fourth-order valence-corrected chi connectivity index (χ4v) is 3.77. The summed E-state index contributed by atoms with van der Waals surface area (Å²) in [5, 5.41) is 14.3. The van der Waals surface area contributed by atoms with Gasteiger partial charge in [0.2, 0.25) is 11.8 Å².